The Balaban J connectivity index is 1.73. The van der Waals surface area contributed by atoms with Gasteiger partial charge in [-0.25, -0.2) is 4.98 Å². The number of hydrogen-bond donors (Lipinski definition) is 4. The quantitative estimate of drug-likeness (QED) is 0.325. The number of fused-ring (bicyclic) bond motifs is 3. The first-order valence-electron chi connectivity index (χ1n) is 13.2. The molecule has 0 radical (unpaired) electrons. The first-order chi connectivity index (χ1) is 19.3. The summed E-state index contributed by atoms with van der Waals surface area (Å²) < 4.78 is 0. The molecule has 212 valence electrons. The van der Waals surface area contributed by atoms with Gasteiger partial charge in [-0.05, 0) is 69.5 Å². The zero-order valence-corrected chi connectivity index (χ0v) is 23.4. The number of aromatic nitrogens is 1. The number of benzene rings is 1. The fraction of sp³-hybridized carbons (Fsp3) is 0.355. The Labute approximate surface area is 237 Å². The highest BCUT2D eigenvalue weighted by Gasteiger charge is 2.64. The van der Waals surface area contributed by atoms with E-state index in [0.29, 0.717) is 16.9 Å². The normalized spacial score (nSPS) is 25.3. The molecule has 0 saturated heterocycles. The third-order valence-electron chi connectivity index (χ3n) is 8.27. The minimum Gasteiger partial charge on any atom is -0.508 e. The van der Waals surface area contributed by atoms with Crippen LogP contribution in [0, 0.1) is 23.7 Å². The third kappa shape index (κ3) is 4.12. The summed E-state index contributed by atoms with van der Waals surface area (Å²) in [4.78, 5) is 47.3. The molecule has 1 saturated carbocycles. The van der Waals surface area contributed by atoms with Gasteiger partial charge in [0.05, 0.1) is 17.2 Å². The third-order valence-corrected chi connectivity index (χ3v) is 8.27. The summed E-state index contributed by atoms with van der Waals surface area (Å²) in [5.74, 6) is -0.262. The van der Waals surface area contributed by atoms with Crippen molar-refractivity contribution in [2.24, 2.45) is 11.8 Å². The molecule has 2 aromatic rings. The predicted molar refractivity (Wildman–Crippen MR) is 150 cm³/mol. The number of aliphatic hydroxyl groups is 3. The van der Waals surface area contributed by atoms with Crippen molar-refractivity contribution >= 4 is 28.8 Å². The molecule has 3 aliphatic carbocycles. The van der Waals surface area contributed by atoms with Crippen LogP contribution in [0.25, 0.3) is 5.76 Å². The maximum absolute atomic E-state index is 14.1. The van der Waals surface area contributed by atoms with Crippen molar-refractivity contribution in [3.05, 3.63) is 69.8 Å². The first kappa shape index (κ1) is 28.1. The molecule has 10 nitrogen and oxygen atoms in total. The van der Waals surface area contributed by atoms with E-state index in [9.17, 15) is 34.8 Å². The SMILES string of the molecule is CC(=O)C1=C(O)[C@@]2(O)C(=O)C3=C(O)c4c(O)c(C#Cc5ccccn5)cc(N(C)C)c4C[C@H]3C[C@H]2[C@H](N(C)C)C1=O. The summed E-state index contributed by atoms with van der Waals surface area (Å²) in [7, 11) is 6.81. The molecule has 0 bridgehead atoms. The van der Waals surface area contributed by atoms with E-state index in [2.05, 4.69) is 16.8 Å². The minimum absolute atomic E-state index is 0.00878. The molecule has 1 fully saturated rings. The van der Waals surface area contributed by atoms with E-state index in [1.807, 2.05) is 4.90 Å². The highest BCUT2D eigenvalue weighted by Crippen LogP contribution is 2.54. The van der Waals surface area contributed by atoms with E-state index < -0.39 is 57.9 Å². The van der Waals surface area contributed by atoms with E-state index in [0.717, 1.165) is 6.92 Å². The van der Waals surface area contributed by atoms with Crippen LogP contribution in [0.2, 0.25) is 0 Å². The molecule has 4 atom stereocenters. The van der Waals surface area contributed by atoms with Gasteiger partial charge in [-0.3, -0.25) is 19.3 Å². The number of aliphatic hydroxyl groups excluding tert-OH is 2. The number of Topliss-reactive ketones (excluding diaryl/α,β-unsaturated/α-hetero) is 3. The summed E-state index contributed by atoms with van der Waals surface area (Å²) in [6.45, 7) is 1.08. The highest BCUT2D eigenvalue weighted by atomic mass is 16.3. The van der Waals surface area contributed by atoms with Gasteiger partial charge in [0.2, 0.25) is 5.78 Å². The van der Waals surface area contributed by atoms with Crippen LogP contribution in [-0.4, -0.2) is 87.5 Å². The maximum atomic E-state index is 14.1. The van der Waals surface area contributed by atoms with Crippen molar-refractivity contribution in [1.82, 2.24) is 9.88 Å². The molecule has 10 heteroatoms. The number of nitrogens with zero attached hydrogens (tertiary/aromatic N) is 3. The monoisotopic (exact) mass is 557 g/mol. The number of carbonyl (C=O) groups is 3. The van der Waals surface area contributed by atoms with Gasteiger partial charge in [0, 0.05) is 37.5 Å². The van der Waals surface area contributed by atoms with Gasteiger partial charge in [0.15, 0.2) is 17.2 Å². The topological polar surface area (TPSA) is 152 Å². The lowest BCUT2D eigenvalue weighted by molar-refractivity contribution is -0.153. The predicted octanol–water partition coefficient (Wildman–Crippen LogP) is 1.93. The van der Waals surface area contributed by atoms with Crippen molar-refractivity contribution in [3.63, 3.8) is 0 Å². The molecule has 0 spiro atoms. The van der Waals surface area contributed by atoms with Gasteiger partial charge in [-0.15, -0.1) is 0 Å². The lowest BCUT2D eigenvalue weighted by atomic mass is 9.57. The van der Waals surface area contributed by atoms with Gasteiger partial charge >= 0.3 is 0 Å². The number of ketones is 3. The number of phenolic OH excluding ortho intramolecular Hbond substituents is 1. The lowest BCUT2D eigenvalue weighted by Crippen LogP contribution is -2.65. The number of rotatable bonds is 3. The van der Waals surface area contributed by atoms with E-state index in [1.165, 1.54) is 4.90 Å². The Morgan fingerprint density at radius 2 is 1.80 bits per heavy atom. The van der Waals surface area contributed by atoms with Crippen LogP contribution in [0.15, 0.2) is 47.4 Å². The van der Waals surface area contributed by atoms with Gasteiger partial charge in [-0.2, -0.15) is 0 Å². The van der Waals surface area contributed by atoms with E-state index in [-0.39, 0.29) is 35.3 Å². The number of pyridine rings is 1. The van der Waals surface area contributed by atoms with Crippen LogP contribution in [0.1, 0.15) is 35.7 Å². The molecule has 1 aromatic heterocycles. The van der Waals surface area contributed by atoms with E-state index in [4.69, 9.17) is 0 Å². The largest absolute Gasteiger partial charge is 0.508 e. The minimum atomic E-state index is -2.61. The standard InChI is InChI=1S/C31H31N3O7/c1-15(35)22-28(38)25(34(4)5)20-13-17-12-19-21(33(2)3)14-16(9-10-18-8-6-7-11-32-18)26(36)24(19)27(37)23(17)30(40)31(20,41)29(22)39/h6-8,11,14,17,20,25,36-37,39,41H,12-13H2,1-5H3/t17-,20-,25-,31+/m0/s1. The van der Waals surface area contributed by atoms with E-state index >= 15 is 0 Å². The number of phenols is 1. The van der Waals surface area contributed by atoms with Crippen LogP contribution in [0.4, 0.5) is 5.69 Å². The van der Waals surface area contributed by atoms with Crippen molar-refractivity contribution in [1.29, 1.82) is 0 Å². The Morgan fingerprint density at radius 3 is 2.39 bits per heavy atom. The van der Waals surface area contributed by atoms with Crippen LogP contribution in [-0.2, 0) is 20.8 Å². The summed E-state index contributed by atoms with van der Waals surface area (Å²) in [6, 6.07) is 5.88. The van der Waals surface area contributed by atoms with Crippen LogP contribution in [0.5, 0.6) is 5.75 Å². The molecular weight excluding hydrogens is 526 g/mol. The second-order valence-corrected chi connectivity index (χ2v) is 11.2. The Hall–Kier alpha value is -4.46. The van der Waals surface area contributed by atoms with Crippen LogP contribution in [0.3, 0.4) is 0 Å². The Morgan fingerprint density at radius 1 is 1.10 bits per heavy atom. The summed E-state index contributed by atoms with van der Waals surface area (Å²) in [5, 5.41) is 45.8. The van der Waals surface area contributed by atoms with Crippen molar-refractivity contribution < 1.29 is 34.8 Å². The first-order valence-corrected chi connectivity index (χ1v) is 13.2. The molecule has 3 aliphatic rings. The van der Waals surface area contributed by atoms with Crippen molar-refractivity contribution in [2.45, 2.75) is 31.4 Å². The van der Waals surface area contributed by atoms with Gasteiger partial charge in [0.1, 0.15) is 28.5 Å². The second-order valence-electron chi connectivity index (χ2n) is 11.2. The summed E-state index contributed by atoms with van der Waals surface area (Å²) in [5.41, 5.74) is -1.50. The molecule has 1 aromatic carbocycles. The molecule has 41 heavy (non-hydrogen) atoms. The molecule has 5 rings (SSSR count). The molecule has 0 amide bonds. The smallest absolute Gasteiger partial charge is 0.202 e. The molecule has 1 heterocycles. The van der Waals surface area contributed by atoms with Crippen LogP contribution >= 0.6 is 0 Å². The molecule has 4 N–H and O–H groups in total. The van der Waals surface area contributed by atoms with Crippen LogP contribution < -0.4 is 4.90 Å². The van der Waals surface area contributed by atoms with Gasteiger partial charge < -0.3 is 25.3 Å². The zero-order chi connectivity index (χ0) is 30.0. The Kier molecular flexibility index (Phi) is 6.76. The van der Waals surface area contributed by atoms with Crippen molar-refractivity contribution in [2.75, 3.05) is 33.1 Å². The van der Waals surface area contributed by atoms with Gasteiger partial charge in [0.25, 0.3) is 0 Å². The molecular formula is C31H31N3O7. The average Bonchev–Trinajstić information content (AvgIpc) is 2.90. The fourth-order valence-corrected chi connectivity index (χ4v) is 6.46. The number of anilines is 1. The molecule has 0 unspecified atom stereocenters. The zero-order valence-electron chi connectivity index (χ0n) is 23.4. The number of likely N-dealkylation sites (N-methyl/N-ethyl adjacent to an activating group) is 1. The lowest BCUT2D eigenvalue weighted by Gasteiger charge is -2.50. The average molecular weight is 558 g/mol. The number of carbonyl (C=O) groups excluding carboxylic acids is 3. The highest BCUT2D eigenvalue weighted by molar-refractivity contribution is 6.25. The fourth-order valence-electron chi connectivity index (χ4n) is 6.46. The summed E-state index contributed by atoms with van der Waals surface area (Å²) in [6.07, 6.45) is 1.85. The Bertz CT molecular complexity index is 1630. The van der Waals surface area contributed by atoms with Gasteiger partial charge in [-0.1, -0.05) is 12.0 Å². The maximum Gasteiger partial charge on any atom is 0.202 e. The van der Waals surface area contributed by atoms with E-state index in [1.54, 1.807) is 58.7 Å². The molecule has 0 aliphatic heterocycles. The van der Waals surface area contributed by atoms with Crippen molar-refractivity contribution in [3.8, 4) is 17.6 Å². The number of hydrogen-bond acceptors (Lipinski definition) is 10. The number of aromatic hydroxyl groups is 1. The summed E-state index contributed by atoms with van der Waals surface area (Å²) >= 11 is 0. The second kappa shape index (κ2) is 9.87.